The first-order valence-electron chi connectivity index (χ1n) is 11.6. The number of nitro groups is 1. The zero-order valence-electron chi connectivity index (χ0n) is 19.5. The number of hydrogen-bond donors (Lipinski definition) is 0. The van der Waals surface area contributed by atoms with Gasteiger partial charge in [0.1, 0.15) is 5.69 Å². The van der Waals surface area contributed by atoms with Crippen LogP contribution in [0.15, 0.2) is 47.4 Å². The summed E-state index contributed by atoms with van der Waals surface area (Å²) in [5.74, 6) is 0.277. The number of anilines is 1. The molecule has 2 heterocycles. The second kappa shape index (κ2) is 9.71. The molecule has 4 rings (SSSR count). The number of aryl methyl sites for hydroxylation is 1. The standard InChI is InChI=1S/C24H30N4O5S/c1-18-3-6-21(7-4-18)34(32,33)27-15-13-26(14-16-27)24(29)20-5-8-22(23(17-20)28(30)31)25-11-9-19(2)10-12-25/h3-8,17,19H,9-16H2,1-2H3. The van der Waals surface area contributed by atoms with Crippen LogP contribution >= 0.6 is 0 Å². The summed E-state index contributed by atoms with van der Waals surface area (Å²) in [7, 11) is -3.63. The zero-order valence-corrected chi connectivity index (χ0v) is 20.3. The molecule has 34 heavy (non-hydrogen) atoms. The molecule has 2 aliphatic heterocycles. The molecule has 2 fully saturated rings. The van der Waals surface area contributed by atoms with E-state index >= 15 is 0 Å². The fourth-order valence-corrected chi connectivity index (χ4v) is 5.92. The van der Waals surface area contributed by atoms with Crippen molar-refractivity contribution in [2.75, 3.05) is 44.2 Å². The first kappa shape index (κ1) is 24.2. The maximum Gasteiger partial charge on any atom is 0.293 e. The van der Waals surface area contributed by atoms with Crippen LogP contribution in [0.1, 0.15) is 35.7 Å². The monoisotopic (exact) mass is 486 g/mol. The summed E-state index contributed by atoms with van der Waals surface area (Å²) in [5, 5.41) is 11.8. The van der Waals surface area contributed by atoms with Crippen molar-refractivity contribution in [3.8, 4) is 0 Å². The smallest absolute Gasteiger partial charge is 0.293 e. The second-order valence-electron chi connectivity index (χ2n) is 9.14. The Hall–Kier alpha value is -2.98. The van der Waals surface area contributed by atoms with E-state index in [0.29, 0.717) is 11.6 Å². The molecule has 9 nitrogen and oxygen atoms in total. The molecule has 10 heteroatoms. The van der Waals surface area contributed by atoms with Gasteiger partial charge in [0.25, 0.3) is 11.6 Å². The summed E-state index contributed by atoms with van der Waals surface area (Å²) in [6.07, 6.45) is 1.96. The van der Waals surface area contributed by atoms with Crippen molar-refractivity contribution in [1.82, 2.24) is 9.21 Å². The predicted octanol–water partition coefficient (Wildman–Crippen LogP) is 3.29. The van der Waals surface area contributed by atoms with Crippen molar-refractivity contribution in [2.45, 2.75) is 31.6 Å². The van der Waals surface area contributed by atoms with Gasteiger partial charge in [0.05, 0.1) is 9.82 Å². The molecule has 0 bridgehead atoms. The first-order chi connectivity index (χ1) is 16.2. The molecule has 0 spiro atoms. The maximum atomic E-state index is 13.1. The highest BCUT2D eigenvalue weighted by Gasteiger charge is 2.31. The van der Waals surface area contributed by atoms with Crippen LogP contribution in [0.5, 0.6) is 0 Å². The first-order valence-corrected chi connectivity index (χ1v) is 13.0. The molecule has 0 unspecified atom stereocenters. The molecular weight excluding hydrogens is 456 g/mol. The number of piperidine rings is 1. The van der Waals surface area contributed by atoms with Gasteiger partial charge in [0, 0.05) is 50.9 Å². The molecule has 0 atom stereocenters. The number of nitro benzene ring substituents is 1. The predicted molar refractivity (Wildman–Crippen MR) is 130 cm³/mol. The number of rotatable bonds is 5. The molecule has 2 aliphatic rings. The van der Waals surface area contributed by atoms with Gasteiger partial charge in [-0.1, -0.05) is 24.6 Å². The van der Waals surface area contributed by atoms with E-state index in [4.69, 9.17) is 0 Å². The van der Waals surface area contributed by atoms with Crippen molar-refractivity contribution >= 4 is 27.3 Å². The van der Waals surface area contributed by atoms with Crippen LogP contribution in [0.4, 0.5) is 11.4 Å². The number of hydrogen-bond acceptors (Lipinski definition) is 6. The van der Waals surface area contributed by atoms with Gasteiger partial charge in [-0.2, -0.15) is 4.31 Å². The van der Waals surface area contributed by atoms with Gasteiger partial charge in [-0.05, 0) is 49.9 Å². The van der Waals surface area contributed by atoms with Gasteiger partial charge in [-0.25, -0.2) is 8.42 Å². The van der Waals surface area contributed by atoms with E-state index in [1.807, 2.05) is 11.8 Å². The topological polar surface area (TPSA) is 104 Å². The van der Waals surface area contributed by atoms with Crippen LogP contribution in [0.25, 0.3) is 0 Å². The van der Waals surface area contributed by atoms with Crippen LogP contribution in [-0.4, -0.2) is 67.7 Å². The van der Waals surface area contributed by atoms with Gasteiger partial charge in [-0.15, -0.1) is 0 Å². The van der Waals surface area contributed by atoms with E-state index in [-0.39, 0.29) is 48.2 Å². The number of piperazine rings is 1. The van der Waals surface area contributed by atoms with E-state index < -0.39 is 14.9 Å². The largest absolute Gasteiger partial charge is 0.366 e. The number of carbonyl (C=O) groups excluding carboxylic acids is 1. The molecule has 0 aliphatic carbocycles. The molecule has 0 saturated carbocycles. The normalized spacial score (nSPS) is 18.2. The number of sulfonamides is 1. The van der Waals surface area contributed by atoms with E-state index in [9.17, 15) is 23.3 Å². The van der Waals surface area contributed by atoms with Crippen molar-refractivity contribution in [3.05, 3.63) is 63.7 Å². The van der Waals surface area contributed by atoms with Crippen molar-refractivity contribution < 1.29 is 18.1 Å². The molecule has 1 amide bonds. The Kier molecular flexibility index (Phi) is 6.90. The SMILES string of the molecule is Cc1ccc(S(=O)(=O)N2CCN(C(=O)c3ccc(N4CCC(C)CC4)c([N+](=O)[O-])c3)CC2)cc1. The Labute approximate surface area is 200 Å². The summed E-state index contributed by atoms with van der Waals surface area (Å²) >= 11 is 0. The summed E-state index contributed by atoms with van der Waals surface area (Å²) in [5.41, 5.74) is 1.70. The van der Waals surface area contributed by atoms with E-state index in [1.54, 1.807) is 41.3 Å². The Bertz CT molecular complexity index is 1170. The molecule has 0 radical (unpaired) electrons. The highest BCUT2D eigenvalue weighted by Crippen LogP contribution is 2.33. The van der Waals surface area contributed by atoms with Crippen molar-refractivity contribution in [1.29, 1.82) is 0 Å². The molecule has 0 aromatic heterocycles. The number of carbonyl (C=O) groups is 1. The third kappa shape index (κ3) is 4.92. The quantitative estimate of drug-likeness (QED) is 0.475. The molecule has 182 valence electrons. The van der Waals surface area contributed by atoms with E-state index in [1.165, 1.54) is 10.4 Å². The minimum atomic E-state index is -3.63. The molecule has 2 aromatic carbocycles. The van der Waals surface area contributed by atoms with Crippen molar-refractivity contribution in [2.24, 2.45) is 5.92 Å². The molecule has 2 aromatic rings. The van der Waals surface area contributed by atoms with Gasteiger partial charge in [0.2, 0.25) is 10.0 Å². The fourth-order valence-electron chi connectivity index (χ4n) is 4.49. The number of nitrogens with zero attached hydrogens (tertiary/aromatic N) is 4. The third-order valence-corrected chi connectivity index (χ3v) is 8.64. The Balaban J connectivity index is 1.46. The second-order valence-corrected chi connectivity index (χ2v) is 11.1. The minimum Gasteiger partial charge on any atom is -0.366 e. The minimum absolute atomic E-state index is 0.0685. The zero-order chi connectivity index (χ0) is 24.5. The average molecular weight is 487 g/mol. The van der Waals surface area contributed by atoms with Crippen LogP contribution in [0, 0.1) is 23.0 Å². The summed E-state index contributed by atoms with van der Waals surface area (Å²) < 4.78 is 27.2. The van der Waals surface area contributed by atoms with E-state index in [0.717, 1.165) is 31.5 Å². The van der Waals surface area contributed by atoms with Crippen LogP contribution in [0.2, 0.25) is 0 Å². The lowest BCUT2D eigenvalue weighted by molar-refractivity contribution is -0.384. The van der Waals surface area contributed by atoms with Gasteiger partial charge < -0.3 is 9.80 Å². The average Bonchev–Trinajstić information content (AvgIpc) is 2.84. The Morgan fingerprint density at radius 1 is 0.971 bits per heavy atom. The summed E-state index contributed by atoms with van der Waals surface area (Å²) in [6, 6.07) is 11.3. The van der Waals surface area contributed by atoms with E-state index in [2.05, 4.69) is 6.92 Å². The van der Waals surface area contributed by atoms with Gasteiger partial charge >= 0.3 is 0 Å². The maximum absolute atomic E-state index is 13.1. The highest BCUT2D eigenvalue weighted by atomic mass is 32.2. The van der Waals surface area contributed by atoms with Gasteiger partial charge in [0.15, 0.2) is 0 Å². The molecule has 0 N–H and O–H groups in total. The Morgan fingerprint density at radius 2 is 1.59 bits per heavy atom. The summed E-state index contributed by atoms with van der Waals surface area (Å²) in [4.78, 5) is 28.2. The highest BCUT2D eigenvalue weighted by molar-refractivity contribution is 7.89. The van der Waals surface area contributed by atoms with Crippen molar-refractivity contribution in [3.63, 3.8) is 0 Å². The lowest BCUT2D eigenvalue weighted by atomic mass is 9.98. The lowest BCUT2D eigenvalue weighted by Gasteiger charge is -2.34. The van der Waals surface area contributed by atoms with Crippen LogP contribution in [0.3, 0.4) is 0 Å². The fraction of sp³-hybridized carbons (Fsp3) is 0.458. The third-order valence-electron chi connectivity index (χ3n) is 6.73. The summed E-state index contributed by atoms with van der Waals surface area (Å²) in [6.45, 7) is 6.39. The number of benzene rings is 2. The molecule has 2 saturated heterocycles. The van der Waals surface area contributed by atoms with Crippen LogP contribution in [-0.2, 0) is 10.0 Å². The van der Waals surface area contributed by atoms with Gasteiger partial charge in [-0.3, -0.25) is 14.9 Å². The lowest BCUT2D eigenvalue weighted by Crippen LogP contribution is -2.50. The molecular formula is C24H30N4O5S. The van der Waals surface area contributed by atoms with Crippen LogP contribution < -0.4 is 4.90 Å². The number of amides is 1. The Morgan fingerprint density at radius 3 is 2.18 bits per heavy atom.